The molecule has 2 aromatic rings. The Morgan fingerprint density at radius 3 is 2.60 bits per heavy atom. The van der Waals surface area contributed by atoms with Crippen LogP contribution in [0.15, 0.2) is 36.4 Å². The highest BCUT2D eigenvalue weighted by molar-refractivity contribution is 5.73. The Hall–Kier alpha value is -1.84. The van der Waals surface area contributed by atoms with Crippen molar-refractivity contribution in [3.63, 3.8) is 0 Å². The van der Waals surface area contributed by atoms with Crippen molar-refractivity contribution < 1.29 is 9.57 Å². The van der Waals surface area contributed by atoms with Gasteiger partial charge in [0.15, 0.2) is 0 Å². The highest BCUT2D eigenvalue weighted by Crippen LogP contribution is 2.36. The number of aryl methyl sites for hydroxylation is 1. The smallest absolute Gasteiger partial charge is 0.131 e. The normalized spacial score (nSPS) is 15.6. The molecule has 0 unspecified atom stereocenters. The van der Waals surface area contributed by atoms with Crippen LogP contribution in [0.3, 0.4) is 0 Å². The molecule has 0 atom stereocenters. The topological polar surface area (TPSA) is 21.7 Å². The maximum Gasteiger partial charge on any atom is 0.131 e. The average molecular weight is 339 g/mol. The van der Waals surface area contributed by atoms with E-state index in [1.54, 1.807) is 7.11 Å². The highest BCUT2D eigenvalue weighted by Gasteiger charge is 2.19. The summed E-state index contributed by atoms with van der Waals surface area (Å²) in [5.74, 6) is 0.948. The minimum absolute atomic E-state index is 0.120. The number of benzene rings is 2. The molecule has 1 aliphatic heterocycles. The van der Waals surface area contributed by atoms with Crippen molar-refractivity contribution >= 4 is 0 Å². The average Bonchev–Trinajstić information content (AvgIpc) is 3.06. The number of hydrogen-bond acceptors (Lipinski definition) is 3. The quantitative estimate of drug-likeness (QED) is 0.773. The number of para-hydroxylation sites is 1. The zero-order valence-corrected chi connectivity index (χ0v) is 16.1. The first-order valence-electron chi connectivity index (χ1n) is 9.05. The van der Waals surface area contributed by atoms with Crippen LogP contribution in [-0.2, 0) is 16.8 Å². The second-order valence-corrected chi connectivity index (χ2v) is 7.89. The molecule has 0 bridgehead atoms. The molecule has 0 aliphatic carbocycles. The van der Waals surface area contributed by atoms with Crippen LogP contribution < -0.4 is 4.74 Å². The van der Waals surface area contributed by atoms with Gasteiger partial charge >= 0.3 is 0 Å². The van der Waals surface area contributed by atoms with Crippen molar-refractivity contribution in [1.29, 1.82) is 0 Å². The number of hydrogen-bond donors (Lipinski definition) is 0. The van der Waals surface area contributed by atoms with E-state index >= 15 is 0 Å². The molecular weight excluding hydrogens is 310 g/mol. The van der Waals surface area contributed by atoms with Gasteiger partial charge in [0.1, 0.15) is 5.75 Å². The predicted molar refractivity (Wildman–Crippen MR) is 103 cm³/mol. The summed E-state index contributed by atoms with van der Waals surface area (Å²) in [6.45, 7) is 11.5. The maximum absolute atomic E-state index is 5.82. The summed E-state index contributed by atoms with van der Waals surface area (Å²) in [6.07, 6.45) is 1.09. The third-order valence-electron chi connectivity index (χ3n) is 4.73. The number of hydroxylamine groups is 2. The van der Waals surface area contributed by atoms with E-state index in [4.69, 9.17) is 9.57 Å². The lowest BCUT2D eigenvalue weighted by Crippen LogP contribution is -2.17. The highest BCUT2D eigenvalue weighted by atomic mass is 16.7. The van der Waals surface area contributed by atoms with E-state index in [2.05, 4.69) is 64.1 Å². The third-order valence-corrected chi connectivity index (χ3v) is 4.73. The van der Waals surface area contributed by atoms with Gasteiger partial charge in [0.05, 0.1) is 20.3 Å². The van der Waals surface area contributed by atoms with E-state index in [0.717, 1.165) is 37.4 Å². The Bertz CT molecular complexity index is 740. The molecule has 0 saturated carbocycles. The molecule has 1 aliphatic rings. The van der Waals surface area contributed by atoms with E-state index in [-0.39, 0.29) is 5.41 Å². The van der Waals surface area contributed by atoms with Crippen molar-refractivity contribution in [3.05, 3.63) is 53.1 Å². The van der Waals surface area contributed by atoms with Gasteiger partial charge in [-0.25, -0.2) is 0 Å². The third kappa shape index (κ3) is 4.05. The van der Waals surface area contributed by atoms with Gasteiger partial charge in [-0.1, -0.05) is 62.7 Å². The van der Waals surface area contributed by atoms with Crippen LogP contribution in [0.25, 0.3) is 11.1 Å². The lowest BCUT2D eigenvalue weighted by Gasteiger charge is -2.22. The summed E-state index contributed by atoms with van der Waals surface area (Å²) in [7, 11) is 1.76. The van der Waals surface area contributed by atoms with Gasteiger partial charge in [0, 0.05) is 17.7 Å². The van der Waals surface area contributed by atoms with Crippen LogP contribution in [0.2, 0.25) is 0 Å². The molecule has 3 heteroatoms. The monoisotopic (exact) mass is 339 g/mol. The fraction of sp³-hybridized carbons (Fsp3) is 0.455. The van der Waals surface area contributed by atoms with Crippen molar-refractivity contribution in [3.8, 4) is 16.9 Å². The number of rotatable bonds is 4. The lowest BCUT2D eigenvalue weighted by molar-refractivity contribution is -0.117. The van der Waals surface area contributed by atoms with Gasteiger partial charge in [-0.2, -0.15) is 5.06 Å². The fourth-order valence-electron chi connectivity index (χ4n) is 3.36. The Morgan fingerprint density at radius 2 is 1.96 bits per heavy atom. The summed E-state index contributed by atoms with van der Waals surface area (Å²) in [4.78, 5) is 5.66. The van der Waals surface area contributed by atoms with Crippen LogP contribution in [0.4, 0.5) is 0 Å². The van der Waals surface area contributed by atoms with Crippen LogP contribution >= 0.6 is 0 Å². The predicted octanol–water partition coefficient (Wildman–Crippen LogP) is 5.11. The number of nitrogens with zero attached hydrogens (tertiary/aromatic N) is 1. The summed E-state index contributed by atoms with van der Waals surface area (Å²) in [5, 5.41) is 2.03. The Kier molecular flexibility index (Phi) is 5.16. The standard InChI is InChI=1S/C22H29NO2/c1-16-12-18(14-19(13-16)22(2,3)4)20-9-6-8-17(21(20)24-5)15-23-10-7-11-25-23/h6,8-9,12-14H,7,10-11,15H2,1-5H3. The van der Waals surface area contributed by atoms with E-state index in [0.29, 0.717) is 0 Å². The first kappa shape index (κ1) is 18.0. The van der Waals surface area contributed by atoms with Crippen LogP contribution in [0, 0.1) is 6.92 Å². The summed E-state index contributed by atoms with van der Waals surface area (Å²) >= 11 is 0. The minimum atomic E-state index is 0.120. The minimum Gasteiger partial charge on any atom is -0.496 e. The van der Waals surface area contributed by atoms with Crippen LogP contribution in [0.5, 0.6) is 5.75 Å². The van der Waals surface area contributed by atoms with Crippen LogP contribution in [0.1, 0.15) is 43.9 Å². The molecule has 0 N–H and O–H groups in total. The molecule has 3 rings (SSSR count). The van der Waals surface area contributed by atoms with E-state index < -0.39 is 0 Å². The molecule has 1 heterocycles. The molecule has 1 saturated heterocycles. The first-order chi connectivity index (χ1) is 11.9. The zero-order chi connectivity index (χ0) is 18.0. The maximum atomic E-state index is 5.82. The molecule has 0 amide bonds. The van der Waals surface area contributed by atoms with Crippen molar-refractivity contribution in [1.82, 2.24) is 5.06 Å². The molecule has 25 heavy (non-hydrogen) atoms. The molecular formula is C22H29NO2. The van der Waals surface area contributed by atoms with Gasteiger partial charge in [0.2, 0.25) is 0 Å². The van der Waals surface area contributed by atoms with Gasteiger partial charge < -0.3 is 4.74 Å². The van der Waals surface area contributed by atoms with E-state index in [1.807, 2.05) is 5.06 Å². The molecule has 0 aromatic heterocycles. The SMILES string of the molecule is COc1c(CN2CCCO2)cccc1-c1cc(C)cc(C(C)(C)C)c1. The van der Waals surface area contributed by atoms with Gasteiger partial charge in [0.25, 0.3) is 0 Å². The van der Waals surface area contributed by atoms with Gasteiger partial charge in [-0.05, 0) is 29.9 Å². The molecule has 134 valence electrons. The summed E-state index contributed by atoms with van der Waals surface area (Å²) < 4.78 is 5.82. The zero-order valence-electron chi connectivity index (χ0n) is 16.1. The van der Waals surface area contributed by atoms with Crippen molar-refractivity contribution in [2.24, 2.45) is 0 Å². The largest absolute Gasteiger partial charge is 0.496 e. The second-order valence-electron chi connectivity index (χ2n) is 7.89. The van der Waals surface area contributed by atoms with Crippen molar-refractivity contribution in [2.75, 3.05) is 20.3 Å². The molecule has 0 radical (unpaired) electrons. The number of ether oxygens (including phenoxy) is 1. The molecule has 3 nitrogen and oxygen atoms in total. The lowest BCUT2D eigenvalue weighted by atomic mass is 9.84. The van der Waals surface area contributed by atoms with Gasteiger partial charge in [-0.3, -0.25) is 4.84 Å². The Labute approximate surface area is 151 Å². The Balaban J connectivity index is 2.03. The molecule has 2 aromatic carbocycles. The summed E-state index contributed by atoms with van der Waals surface area (Å²) in [6, 6.07) is 13.2. The van der Waals surface area contributed by atoms with Crippen LogP contribution in [-0.4, -0.2) is 25.3 Å². The Morgan fingerprint density at radius 1 is 1.16 bits per heavy atom. The van der Waals surface area contributed by atoms with Crippen molar-refractivity contribution in [2.45, 2.75) is 46.1 Å². The summed E-state index contributed by atoms with van der Waals surface area (Å²) in [5.41, 5.74) is 6.27. The molecule has 1 fully saturated rings. The second kappa shape index (κ2) is 7.19. The fourth-order valence-corrected chi connectivity index (χ4v) is 3.36. The first-order valence-corrected chi connectivity index (χ1v) is 9.05. The van der Waals surface area contributed by atoms with E-state index in [1.165, 1.54) is 22.3 Å². The van der Waals surface area contributed by atoms with E-state index in [9.17, 15) is 0 Å². The van der Waals surface area contributed by atoms with Gasteiger partial charge in [-0.15, -0.1) is 0 Å². The number of methoxy groups -OCH3 is 1. The molecule has 0 spiro atoms.